The Morgan fingerprint density at radius 2 is 2.41 bits per heavy atom. The molecule has 0 aliphatic carbocycles. The van der Waals surface area contributed by atoms with Crippen molar-refractivity contribution in [2.24, 2.45) is 11.8 Å². The molecule has 5 heteroatoms. The zero-order chi connectivity index (χ0) is 15.8. The van der Waals surface area contributed by atoms with Crippen molar-refractivity contribution in [3.05, 3.63) is 29.3 Å². The van der Waals surface area contributed by atoms with Crippen LogP contribution in [0.2, 0.25) is 5.02 Å². The summed E-state index contributed by atoms with van der Waals surface area (Å²) in [6.45, 7) is 5.27. The number of halogens is 1. The van der Waals surface area contributed by atoms with Crippen molar-refractivity contribution in [2.45, 2.75) is 26.2 Å². The van der Waals surface area contributed by atoms with Gasteiger partial charge in [-0.2, -0.15) is 0 Å². The summed E-state index contributed by atoms with van der Waals surface area (Å²) >= 11 is 5.88. The van der Waals surface area contributed by atoms with Crippen LogP contribution < -0.4 is 15.4 Å². The molecule has 0 saturated carbocycles. The molecule has 2 unspecified atom stereocenters. The van der Waals surface area contributed by atoms with Gasteiger partial charge in [-0.25, -0.2) is 0 Å². The Kier molecular flexibility index (Phi) is 7.00. The topological polar surface area (TPSA) is 50.4 Å². The molecule has 1 aliphatic heterocycles. The van der Waals surface area contributed by atoms with E-state index in [1.54, 1.807) is 12.1 Å². The van der Waals surface area contributed by atoms with Gasteiger partial charge in [-0.1, -0.05) is 24.6 Å². The van der Waals surface area contributed by atoms with Crippen LogP contribution in [0.4, 0.5) is 0 Å². The van der Waals surface area contributed by atoms with Gasteiger partial charge in [0, 0.05) is 11.4 Å². The first-order chi connectivity index (χ1) is 10.6. The van der Waals surface area contributed by atoms with Crippen LogP contribution in [0.1, 0.15) is 26.2 Å². The van der Waals surface area contributed by atoms with Crippen LogP contribution in [0.15, 0.2) is 24.3 Å². The molecule has 1 fully saturated rings. The fourth-order valence-corrected chi connectivity index (χ4v) is 2.99. The van der Waals surface area contributed by atoms with Gasteiger partial charge < -0.3 is 15.4 Å². The number of carbonyl (C=O) groups is 1. The lowest BCUT2D eigenvalue weighted by atomic mass is 9.85. The Morgan fingerprint density at radius 1 is 1.55 bits per heavy atom. The molecule has 122 valence electrons. The van der Waals surface area contributed by atoms with Gasteiger partial charge in [0.25, 0.3) is 0 Å². The highest BCUT2D eigenvalue weighted by atomic mass is 35.5. The minimum absolute atomic E-state index is 0.104. The summed E-state index contributed by atoms with van der Waals surface area (Å²) in [5, 5.41) is 6.97. The van der Waals surface area contributed by atoms with E-state index in [1.807, 2.05) is 12.1 Å². The number of piperidine rings is 1. The third-order valence-electron chi connectivity index (χ3n) is 4.14. The van der Waals surface area contributed by atoms with Gasteiger partial charge in [0.15, 0.2) is 0 Å². The second-order valence-corrected chi connectivity index (χ2v) is 6.38. The number of hydrogen-bond donors (Lipinski definition) is 2. The number of hydrogen-bond acceptors (Lipinski definition) is 3. The predicted molar refractivity (Wildman–Crippen MR) is 89.3 cm³/mol. The Morgan fingerprint density at radius 3 is 3.14 bits per heavy atom. The zero-order valence-corrected chi connectivity index (χ0v) is 13.9. The maximum atomic E-state index is 12.0. The lowest BCUT2D eigenvalue weighted by molar-refractivity contribution is -0.122. The highest BCUT2D eigenvalue weighted by Crippen LogP contribution is 2.22. The Balaban J connectivity index is 1.61. The summed E-state index contributed by atoms with van der Waals surface area (Å²) in [7, 11) is 0. The summed E-state index contributed by atoms with van der Waals surface area (Å²) in [6.07, 6.45) is 3.02. The summed E-state index contributed by atoms with van der Waals surface area (Å²) in [6, 6.07) is 7.27. The van der Waals surface area contributed by atoms with Gasteiger partial charge in [0.05, 0.1) is 6.54 Å². The van der Waals surface area contributed by atoms with Gasteiger partial charge in [0.2, 0.25) is 5.91 Å². The van der Waals surface area contributed by atoms with Crippen LogP contribution in [-0.4, -0.2) is 32.1 Å². The molecule has 2 rings (SSSR count). The van der Waals surface area contributed by atoms with E-state index in [9.17, 15) is 4.79 Å². The number of benzene rings is 1. The number of ether oxygens (including phenoxy) is 1. The van der Waals surface area contributed by atoms with E-state index in [4.69, 9.17) is 16.3 Å². The maximum absolute atomic E-state index is 12.0. The molecule has 1 saturated heterocycles. The van der Waals surface area contributed by atoms with Gasteiger partial charge in [-0.05, 0) is 56.0 Å². The van der Waals surface area contributed by atoms with E-state index < -0.39 is 0 Å². The molecule has 4 nitrogen and oxygen atoms in total. The van der Waals surface area contributed by atoms with E-state index in [0.717, 1.165) is 18.8 Å². The number of nitrogens with one attached hydrogen (secondary N) is 2. The predicted octanol–water partition coefficient (Wildman–Crippen LogP) is 2.86. The minimum Gasteiger partial charge on any atom is -0.492 e. The number of carbonyl (C=O) groups excluding carboxylic acids is 1. The van der Waals surface area contributed by atoms with Crippen LogP contribution in [0.25, 0.3) is 0 Å². The molecular formula is C17H25ClN2O2. The number of amides is 1. The average molecular weight is 325 g/mol. The van der Waals surface area contributed by atoms with Crippen molar-refractivity contribution in [3.8, 4) is 5.75 Å². The van der Waals surface area contributed by atoms with E-state index in [-0.39, 0.29) is 5.91 Å². The fraction of sp³-hybridized carbons (Fsp3) is 0.588. The first-order valence-electron chi connectivity index (χ1n) is 8.01. The third kappa shape index (κ3) is 5.85. The molecule has 22 heavy (non-hydrogen) atoms. The quantitative estimate of drug-likeness (QED) is 0.758. The van der Waals surface area contributed by atoms with Crippen molar-refractivity contribution >= 4 is 17.5 Å². The first kappa shape index (κ1) is 17.1. The second-order valence-electron chi connectivity index (χ2n) is 5.94. The molecule has 1 heterocycles. The van der Waals surface area contributed by atoms with Gasteiger partial charge in [0.1, 0.15) is 12.4 Å². The molecule has 0 radical (unpaired) electrons. The Bertz CT molecular complexity index is 475. The smallest absolute Gasteiger partial charge is 0.220 e. The van der Waals surface area contributed by atoms with Gasteiger partial charge >= 0.3 is 0 Å². The van der Waals surface area contributed by atoms with Gasteiger partial charge in [-0.15, -0.1) is 0 Å². The van der Waals surface area contributed by atoms with Crippen LogP contribution in [0.3, 0.4) is 0 Å². The van der Waals surface area contributed by atoms with E-state index in [2.05, 4.69) is 17.6 Å². The summed E-state index contributed by atoms with van der Waals surface area (Å²) in [5.41, 5.74) is 0. The molecule has 1 aromatic carbocycles. The molecule has 2 N–H and O–H groups in total. The lowest BCUT2D eigenvalue weighted by Gasteiger charge is -2.28. The van der Waals surface area contributed by atoms with E-state index >= 15 is 0 Å². The van der Waals surface area contributed by atoms with Crippen LogP contribution in [-0.2, 0) is 4.79 Å². The Labute approximate surface area is 137 Å². The summed E-state index contributed by atoms with van der Waals surface area (Å²) in [5.74, 6) is 1.86. The van der Waals surface area contributed by atoms with Crippen LogP contribution in [0, 0.1) is 11.8 Å². The van der Waals surface area contributed by atoms with Crippen molar-refractivity contribution in [1.29, 1.82) is 0 Å². The zero-order valence-electron chi connectivity index (χ0n) is 13.1. The van der Waals surface area contributed by atoms with E-state index in [0.29, 0.717) is 36.4 Å². The lowest BCUT2D eigenvalue weighted by Crippen LogP contribution is -2.36. The first-order valence-corrected chi connectivity index (χ1v) is 8.38. The largest absolute Gasteiger partial charge is 0.492 e. The van der Waals surface area contributed by atoms with Crippen molar-refractivity contribution in [3.63, 3.8) is 0 Å². The minimum atomic E-state index is 0.104. The second kappa shape index (κ2) is 9.01. The average Bonchev–Trinajstić information content (AvgIpc) is 2.52. The van der Waals surface area contributed by atoms with Crippen LogP contribution in [0.5, 0.6) is 5.75 Å². The van der Waals surface area contributed by atoms with Crippen LogP contribution >= 0.6 is 11.6 Å². The van der Waals surface area contributed by atoms with Crippen molar-refractivity contribution in [1.82, 2.24) is 10.6 Å². The summed E-state index contributed by atoms with van der Waals surface area (Å²) < 4.78 is 5.55. The standard InChI is InChI=1S/C17H25ClN2O2/c1-13(14-4-3-7-19-12-14)10-17(21)20-8-9-22-16-6-2-5-15(18)11-16/h2,5-6,11,13-14,19H,3-4,7-10,12H2,1H3,(H,20,21). The molecule has 0 spiro atoms. The monoisotopic (exact) mass is 324 g/mol. The highest BCUT2D eigenvalue weighted by Gasteiger charge is 2.21. The van der Waals surface area contributed by atoms with Crippen molar-refractivity contribution < 1.29 is 9.53 Å². The molecule has 0 bridgehead atoms. The molecule has 1 aliphatic rings. The maximum Gasteiger partial charge on any atom is 0.220 e. The third-order valence-corrected chi connectivity index (χ3v) is 4.37. The SMILES string of the molecule is CC(CC(=O)NCCOc1cccc(Cl)c1)C1CCCNC1. The number of rotatable bonds is 7. The summed E-state index contributed by atoms with van der Waals surface area (Å²) in [4.78, 5) is 12.0. The molecule has 0 aromatic heterocycles. The fourth-order valence-electron chi connectivity index (χ4n) is 2.81. The molecule has 1 aromatic rings. The normalized spacial score (nSPS) is 19.5. The van der Waals surface area contributed by atoms with Gasteiger partial charge in [-0.3, -0.25) is 4.79 Å². The molecule has 1 amide bonds. The van der Waals surface area contributed by atoms with Crippen molar-refractivity contribution in [2.75, 3.05) is 26.2 Å². The van der Waals surface area contributed by atoms with E-state index in [1.165, 1.54) is 12.8 Å². The molecule has 2 atom stereocenters. The highest BCUT2D eigenvalue weighted by molar-refractivity contribution is 6.30. The molecular weight excluding hydrogens is 300 g/mol. The Hall–Kier alpha value is -1.26.